The van der Waals surface area contributed by atoms with Gasteiger partial charge in [-0.25, -0.2) is 17.1 Å². The number of halogens is 1. The van der Waals surface area contributed by atoms with Crippen molar-refractivity contribution >= 4 is 10.0 Å². The van der Waals surface area contributed by atoms with Crippen LogP contribution < -0.4 is 5.32 Å². The predicted molar refractivity (Wildman–Crippen MR) is 74.2 cm³/mol. The van der Waals surface area contributed by atoms with Gasteiger partial charge in [-0.3, -0.25) is 0 Å². The van der Waals surface area contributed by atoms with Gasteiger partial charge in [0.25, 0.3) is 0 Å². The number of hydrogen-bond acceptors (Lipinski definition) is 3. The largest absolute Gasteiger partial charge is 0.320 e. The number of nitrogens with zero attached hydrogens (tertiary/aromatic N) is 1. The third kappa shape index (κ3) is 3.75. The van der Waals surface area contributed by atoms with Crippen molar-refractivity contribution in [2.45, 2.75) is 25.2 Å². The van der Waals surface area contributed by atoms with Crippen LogP contribution in [-0.4, -0.2) is 39.9 Å². The minimum absolute atomic E-state index is 0.209. The normalized spacial score (nSPS) is 12.1. The molecule has 0 saturated heterocycles. The van der Waals surface area contributed by atoms with Crippen LogP contribution in [0.1, 0.15) is 17.5 Å². The lowest BCUT2D eigenvalue weighted by atomic mass is 10.1. The molecule has 6 heteroatoms. The third-order valence-electron chi connectivity index (χ3n) is 2.99. The molecule has 1 N–H and O–H groups in total. The van der Waals surface area contributed by atoms with E-state index in [1.165, 1.54) is 16.4 Å². The first-order valence-electron chi connectivity index (χ1n) is 6.18. The Balaban J connectivity index is 3.07. The van der Waals surface area contributed by atoms with Crippen molar-refractivity contribution < 1.29 is 12.8 Å². The Bertz CT molecular complexity index is 521. The summed E-state index contributed by atoms with van der Waals surface area (Å²) in [5, 5.41) is 2.97. The first kappa shape index (κ1) is 16.1. The summed E-state index contributed by atoms with van der Waals surface area (Å²) in [5.41, 5.74) is 0.885. The molecule has 0 spiro atoms. The first-order valence-corrected chi connectivity index (χ1v) is 7.62. The van der Waals surface area contributed by atoms with Gasteiger partial charge < -0.3 is 5.32 Å². The molecule has 0 fully saturated rings. The van der Waals surface area contributed by atoms with Crippen LogP contribution in [0.25, 0.3) is 0 Å². The summed E-state index contributed by atoms with van der Waals surface area (Å²) in [4.78, 5) is 0.209. The van der Waals surface area contributed by atoms with Crippen molar-refractivity contribution in [1.29, 1.82) is 0 Å². The molecular formula is C13H21FN2O2S. The van der Waals surface area contributed by atoms with Gasteiger partial charge >= 0.3 is 0 Å². The average Bonchev–Trinajstić information content (AvgIpc) is 2.27. The van der Waals surface area contributed by atoms with Crippen LogP contribution in [0.15, 0.2) is 17.0 Å². The predicted octanol–water partition coefficient (Wildman–Crippen LogP) is 1.67. The van der Waals surface area contributed by atoms with Gasteiger partial charge in [0.2, 0.25) is 10.0 Å². The van der Waals surface area contributed by atoms with Crippen LogP contribution in [-0.2, 0) is 10.0 Å². The van der Waals surface area contributed by atoms with Gasteiger partial charge in [0, 0.05) is 13.6 Å². The smallest absolute Gasteiger partial charge is 0.243 e. The van der Waals surface area contributed by atoms with Crippen molar-refractivity contribution in [3.63, 3.8) is 0 Å². The van der Waals surface area contributed by atoms with E-state index in [4.69, 9.17) is 0 Å². The van der Waals surface area contributed by atoms with Crippen LogP contribution >= 0.6 is 0 Å². The molecule has 0 bridgehead atoms. The van der Waals surface area contributed by atoms with E-state index in [2.05, 4.69) is 5.32 Å². The molecule has 0 saturated carbocycles. The van der Waals surface area contributed by atoms with Gasteiger partial charge in [0.15, 0.2) is 0 Å². The zero-order chi connectivity index (χ0) is 14.6. The fourth-order valence-electron chi connectivity index (χ4n) is 2.06. The molecule has 108 valence electrons. The highest BCUT2D eigenvalue weighted by Crippen LogP contribution is 2.24. The molecule has 0 unspecified atom stereocenters. The highest BCUT2D eigenvalue weighted by Gasteiger charge is 2.24. The molecule has 0 aromatic heterocycles. The summed E-state index contributed by atoms with van der Waals surface area (Å²) in [5.74, 6) is -0.410. The van der Waals surface area contributed by atoms with Gasteiger partial charge in [-0.2, -0.15) is 0 Å². The van der Waals surface area contributed by atoms with E-state index in [0.29, 0.717) is 17.7 Å². The number of aryl methyl sites for hydroxylation is 2. The highest BCUT2D eigenvalue weighted by molar-refractivity contribution is 7.89. The molecule has 0 aliphatic carbocycles. The number of rotatable bonds is 6. The summed E-state index contributed by atoms with van der Waals surface area (Å²) in [7, 11) is -0.188. The van der Waals surface area contributed by atoms with Crippen LogP contribution in [0.4, 0.5) is 4.39 Å². The number of sulfonamides is 1. The second-order valence-corrected chi connectivity index (χ2v) is 6.63. The molecule has 0 aliphatic heterocycles. The topological polar surface area (TPSA) is 49.4 Å². The van der Waals surface area contributed by atoms with Gasteiger partial charge in [-0.15, -0.1) is 0 Å². The molecule has 4 nitrogen and oxygen atoms in total. The van der Waals surface area contributed by atoms with Crippen LogP contribution in [0.5, 0.6) is 0 Å². The van der Waals surface area contributed by atoms with Gasteiger partial charge in [-0.1, -0.05) is 0 Å². The van der Waals surface area contributed by atoms with E-state index in [-0.39, 0.29) is 4.90 Å². The second-order valence-electron chi connectivity index (χ2n) is 4.65. The quantitative estimate of drug-likeness (QED) is 0.810. The maximum Gasteiger partial charge on any atom is 0.243 e. The Hall–Kier alpha value is -0.980. The van der Waals surface area contributed by atoms with Crippen molar-refractivity contribution in [3.8, 4) is 0 Å². The van der Waals surface area contributed by atoms with Crippen LogP contribution in [0, 0.1) is 19.7 Å². The van der Waals surface area contributed by atoms with Crippen LogP contribution in [0.2, 0.25) is 0 Å². The van der Waals surface area contributed by atoms with E-state index in [0.717, 1.165) is 13.0 Å². The first-order chi connectivity index (χ1) is 8.80. The molecule has 0 aliphatic rings. The van der Waals surface area contributed by atoms with Crippen molar-refractivity contribution in [1.82, 2.24) is 9.62 Å². The standard InChI is InChI=1S/C13H21FN2O2S/c1-10-8-12(14)9-11(2)13(10)19(17,18)16(4)7-5-6-15-3/h8-9,15H,5-7H2,1-4H3. The maximum atomic E-state index is 13.2. The Kier molecular flexibility index (Phi) is 5.46. The summed E-state index contributed by atoms with van der Waals surface area (Å²) < 4.78 is 39.5. The Morgan fingerprint density at radius 3 is 2.26 bits per heavy atom. The third-order valence-corrected chi connectivity index (χ3v) is 5.16. The zero-order valence-corrected chi connectivity index (χ0v) is 12.6. The molecule has 0 atom stereocenters. The summed E-state index contributed by atoms with van der Waals surface area (Å²) >= 11 is 0. The SMILES string of the molecule is CNCCCN(C)S(=O)(=O)c1c(C)cc(F)cc1C. The molecule has 0 heterocycles. The summed E-state index contributed by atoms with van der Waals surface area (Å²) in [6.45, 7) is 4.41. The van der Waals surface area contributed by atoms with Crippen LogP contribution in [0.3, 0.4) is 0 Å². The summed E-state index contributed by atoms with van der Waals surface area (Å²) in [6, 6.07) is 2.50. The average molecular weight is 288 g/mol. The van der Waals surface area contributed by atoms with E-state index in [1.807, 2.05) is 7.05 Å². The van der Waals surface area contributed by atoms with E-state index < -0.39 is 15.8 Å². The van der Waals surface area contributed by atoms with Crippen molar-refractivity contribution in [2.24, 2.45) is 0 Å². The van der Waals surface area contributed by atoms with Gasteiger partial charge in [-0.05, 0) is 57.1 Å². The van der Waals surface area contributed by atoms with E-state index in [1.54, 1.807) is 20.9 Å². The lowest BCUT2D eigenvalue weighted by Crippen LogP contribution is -2.30. The number of nitrogens with one attached hydrogen (secondary N) is 1. The molecule has 1 rings (SSSR count). The molecule has 0 radical (unpaired) electrons. The number of hydrogen-bond donors (Lipinski definition) is 1. The molecule has 0 amide bonds. The summed E-state index contributed by atoms with van der Waals surface area (Å²) in [6.07, 6.45) is 0.728. The molecule has 19 heavy (non-hydrogen) atoms. The molecule has 1 aromatic rings. The monoisotopic (exact) mass is 288 g/mol. The van der Waals surface area contributed by atoms with E-state index in [9.17, 15) is 12.8 Å². The van der Waals surface area contributed by atoms with Gasteiger partial charge in [0.05, 0.1) is 4.90 Å². The maximum absolute atomic E-state index is 13.2. The van der Waals surface area contributed by atoms with E-state index >= 15 is 0 Å². The minimum Gasteiger partial charge on any atom is -0.320 e. The lowest BCUT2D eigenvalue weighted by molar-refractivity contribution is 0.457. The van der Waals surface area contributed by atoms with Crippen molar-refractivity contribution in [3.05, 3.63) is 29.1 Å². The van der Waals surface area contributed by atoms with Crippen molar-refractivity contribution in [2.75, 3.05) is 27.2 Å². The fourth-order valence-corrected chi connectivity index (χ4v) is 3.67. The highest BCUT2D eigenvalue weighted by atomic mass is 32.2. The fraction of sp³-hybridized carbons (Fsp3) is 0.538. The second kappa shape index (κ2) is 6.45. The minimum atomic E-state index is -3.56. The van der Waals surface area contributed by atoms with Gasteiger partial charge in [0.1, 0.15) is 5.82 Å². The molecular weight excluding hydrogens is 267 g/mol. The Labute approximate surface area is 114 Å². The zero-order valence-electron chi connectivity index (χ0n) is 11.8. The number of benzene rings is 1. The Morgan fingerprint density at radius 2 is 1.79 bits per heavy atom. The Morgan fingerprint density at radius 1 is 1.26 bits per heavy atom. The molecule has 1 aromatic carbocycles. The lowest BCUT2D eigenvalue weighted by Gasteiger charge is -2.20.